The Morgan fingerprint density at radius 3 is 2.48 bits per heavy atom. The average molecular weight is 635 g/mol. The predicted molar refractivity (Wildman–Crippen MR) is 96.8 cm³/mol. The van der Waals surface area contributed by atoms with Crippen molar-refractivity contribution in [1.29, 1.82) is 0 Å². The molecule has 25 heavy (non-hydrogen) atoms. The number of fused-ring (bicyclic) bond motifs is 2. The molecule has 0 aliphatic heterocycles. The molecular formula is C22H26I2Zr. The van der Waals surface area contributed by atoms with E-state index in [1.807, 2.05) is 0 Å². The van der Waals surface area contributed by atoms with Crippen LogP contribution in [0.1, 0.15) is 49.3 Å². The molecule has 0 spiro atoms. The van der Waals surface area contributed by atoms with Gasteiger partial charge < -0.3 is 48.0 Å². The van der Waals surface area contributed by atoms with Crippen LogP contribution in [0.5, 0.6) is 0 Å². The molecule has 0 radical (unpaired) electrons. The van der Waals surface area contributed by atoms with Crippen LogP contribution in [0.25, 0.3) is 10.8 Å². The summed E-state index contributed by atoms with van der Waals surface area (Å²) in [6.07, 6.45) is 9.25. The molecule has 132 valence electrons. The predicted octanol–water partition coefficient (Wildman–Crippen LogP) is 0.191. The van der Waals surface area contributed by atoms with Crippen LogP contribution >= 0.6 is 0 Å². The monoisotopic (exact) mass is 634 g/mol. The zero-order chi connectivity index (χ0) is 15.2. The Hall–Kier alpha value is 0.523. The summed E-state index contributed by atoms with van der Waals surface area (Å²) in [5, 5.41) is 2.77. The van der Waals surface area contributed by atoms with Crippen LogP contribution in [-0.4, -0.2) is 0 Å². The molecule has 0 atom stereocenters. The zero-order valence-corrected chi connectivity index (χ0v) is 21.7. The summed E-state index contributed by atoms with van der Waals surface area (Å²) in [5.74, 6) is 0. The molecule has 4 rings (SSSR count). The molecule has 0 unspecified atom stereocenters. The first-order valence-electron chi connectivity index (χ1n) is 8.74. The molecule has 3 aromatic rings. The summed E-state index contributed by atoms with van der Waals surface area (Å²) in [5.41, 5.74) is 4.69. The van der Waals surface area contributed by atoms with Gasteiger partial charge >= 0.3 is 26.2 Å². The van der Waals surface area contributed by atoms with Crippen molar-refractivity contribution in [3.8, 4) is 0 Å². The van der Waals surface area contributed by atoms with Crippen LogP contribution in [0, 0.1) is 0 Å². The molecule has 0 aromatic heterocycles. The fourth-order valence-corrected chi connectivity index (χ4v) is 3.35. The number of rotatable bonds is 3. The second kappa shape index (κ2) is 13.7. The van der Waals surface area contributed by atoms with Gasteiger partial charge in [-0.15, -0.1) is 40.6 Å². The number of hydrogen-bond donors (Lipinski definition) is 0. The molecule has 1 aliphatic rings. The molecule has 0 bridgehead atoms. The van der Waals surface area contributed by atoms with E-state index >= 15 is 0 Å². The minimum absolute atomic E-state index is 0. The van der Waals surface area contributed by atoms with Gasteiger partial charge in [0, 0.05) is 0 Å². The molecule has 3 heteroatoms. The maximum absolute atomic E-state index is 2.31. The van der Waals surface area contributed by atoms with Crippen molar-refractivity contribution in [3.63, 3.8) is 0 Å². The van der Waals surface area contributed by atoms with E-state index in [0.29, 0.717) is 0 Å². The topological polar surface area (TPSA) is 0 Å². The summed E-state index contributed by atoms with van der Waals surface area (Å²) < 4.78 is 0. The maximum atomic E-state index is 2.31. The van der Waals surface area contributed by atoms with Crippen LogP contribution in [-0.2, 0) is 45.5 Å². The van der Waals surface area contributed by atoms with E-state index in [1.54, 1.807) is 11.1 Å². The molecule has 0 saturated heterocycles. The molecule has 0 nitrogen and oxygen atoms in total. The average Bonchev–Trinajstić information content (AvgIpc) is 3.19. The number of benzene rings is 1. The molecule has 0 N–H and O–H groups in total. The molecule has 3 aromatic carbocycles. The molecule has 0 fully saturated rings. The van der Waals surface area contributed by atoms with E-state index in [-0.39, 0.29) is 74.2 Å². The van der Waals surface area contributed by atoms with Crippen molar-refractivity contribution in [3.05, 3.63) is 71.3 Å². The Labute approximate surface area is 206 Å². The fraction of sp³-hybridized carbons (Fsp3) is 0.364. The van der Waals surface area contributed by atoms with Gasteiger partial charge in [0.2, 0.25) is 0 Å². The van der Waals surface area contributed by atoms with Gasteiger partial charge in [0.1, 0.15) is 0 Å². The SMILES string of the molecule is CCCCc1cc2ccccc2[cH-]1.[I-].[I-].[Zr+4].c1cc2c([cH-]1)CCCC2. The summed E-state index contributed by atoms with van der Waals surface area (Å²) in [6.45, 7) is 2.24. The van der Waals surface area contributed by atoms with Crippen molar-refractivity contribution in [2.24, 2.45) is 0 Å². The third-order valence-electron chi connectivity index (χ3n) is 4.65. The van der Waals surface area contributed by atoms with Gasteiger partial charge in [-0.1, -0.05) is 51.5 Å². The van der Waals surface area contributed by atoms with Crippen molar-refractivity contribution in [1.82, 2.24) is 0 Å². The Bertz CT molecular complexity index is 658. The minimum Gasteiger partial charge on any atom is -1.00 e. The summed E-state index contributed by atoms with van der Waals surface area (Å²) in [7, 11) is 0. The van der Waals surface area contributed by atoms with Crippen molar-refractivity contribution >= 4 is 10.8 Å². The Morgan fingerprint density at radius 1 is 1.00 bits per heavy atom. The van der Waals surface area contributed by atoms with Gasteiger partial charge in [-0.05, 0) is 6.42 Å². The quantitative estimate of drug-likeness (QED) is 0.285. The van der Waals surface area contributed by atoms with E-state index in [2.05, 4.69) is 61.5 Å². The fourth-order valence-electron chi connectivity index (χ4n) is 3.35. The summed E-state index contributed by atoms with van der Waals surface area (Å²) in [4.78, 5) is 0. The van der Waals surface area contributed by atoms with E-state index in [4.69, 9.17) is 0 Å². The second-order valence-electron chi connectivity index (χ2n) is 6.38. The Kier molecular flexibility index (Phi) is 13.9. The third kappa shape index (κ3) is 7.58. The van der Waals surface area contributed by atoms with Gasteiger partial charge in [0.05, 0.1) is 0 Å². The van der Waals surface area contributed by atoms with Crippen LogP contribution in [0.4, 0.5) is 0 Å². The number of unbranched alkanes of at least 4 members (excludes halogenated alkanes) is 1. The van der Waals surface area contributed by atoms with Gasteiger partial charge in [0.25, 0.3) is 0 Å². The van der Waals surface area contributed by atoms with Crippen molar-refractivity contribution < 1.29 is 74.2 Å². The summed E-state index contributed by atoms with van der Waals surface area (Å²) in [6, 6.07) is 19.9. The largest absolute Gasteiger partial charge is 4.00 e. The normalized spacial score (nSPS) is 11.9. The number of aryl methyl sites for hydroxylation is 3. The van der Waals surface area contributed by atoms with E-state index in [9.17, 15) is 0 Å². The van der Waals surface area contributed by atoms with Gasteiger partial charge in [0.15, 0.2) is 0 Å². The Balaban J connectivity index is 0.000000430. The zero-order valence-electron chi connectivity index (χ0n) is 14.9. The van der Waals surface area contributed by atoms with Crippen LogP contribution in [0.15, 0.2) is 54.6 Å². The first-order chi connectivity index (χ1) is 10.9. The summed E-state index contributed by atoms with van der Waals surface area (Å²) >= 11 is 0. The van der Waals surface area contributed by atoms with Gasteiger partial charge in [-0.3, -0.25) is 0 Å². The molecule has 0 amide bonds. The van der Waals surface area contributed by atoms with Crippen LogP contribution in [0.2, 0.25) is 0 Å². The first kappa shape index (κ1) is 25.5. The van der Waals surface area contributed by atoms with Crippen LogP contribution in [0.3, 0.4) is 0 Å². The van der Waals surface area contributed by atoms with E-state index in [0.717, 1.165) is 0 Å². The van der Waals surface area contributed by atoms with Gasteiger partial charge in [-0.25, -0.2) is 6.07 Å². The molecule has 0 saturated carbocycles. The standard InChI is InChI=1S/C13H15.C9H11.2HI.Zr/c1-2-3-6-11-9-12-7-4-5-8-13(12)10-11;1-2-5-9-7-3-6-8(9)4-1;;;/h4-5,7-10H,2-3,6H2,1H3;3,6-7H,1-2,4-5H2;2*1H;/q2*-1;;;+4/p-2. The minimum atomic E-state index is 0. The first-order valence-corrected chi connectivity index (χ1v) is 8.74. The molecule has 1 aliphatic carbocycles. The van der Waals surface area contributed by atoms with Gasteiger partial charge in [-0.2, -0.15) is 29.3 Å². The van der Waals surface area contributed by atoms with Crippen LogP contribution < -0.4 is 48.0 Å². The molecule has 0 heterocycles. The Morgan fingerprint density at radius 2 is 1.76 bits per heavy atom. The third-order valence-corrected chi connectivity index (χ3v) is 4.65. The van der Waals surface area contributed by atoms with Crippen molar-refractivity contribution in [2.75, 3.05) is 0 Å². The second-order valence-corrected chi connectivity index (χ2v) is 6.38. The molecular weight excluding hydrogens is 609 g/mol. The van der Waals surface area contributed by atoms with E-state index in [1.165, 1.54) is 61.3 Å². The van der Waals surface area contributed by atoms with Crippen molar-refractivity contribution in [2.45, 2.75) is 51.9 Å². The number of halogens is 2. The number of hydrogen-bond acceptors (Lipinski definition) is 0. The smallest absolute Gasteiger partial charge is 1.00 e. The maximum Gasteiger partial charge on any atom is 4.00 e. The van der Waals surface area contributed by atoms with E-state index < -0.39 is 0 Å².